The van der Waals surface area contributed by atoms with Crippen molar-refractivity contribution in [3.63, 3.8) is 0 Å². The van der Waals surface area contributed by atoms with Crippen molar-refractivity contribution in [2.24, 2.45) is 0 Å². The van der Waals surface area contributed by atoms with Gasteiger partial charge in [-0.1, -0.05) is 11.8 Å². The molecule has 23 heavy (non-hydrogen) atoms. The van der Waals surface area contributed by atoms with Gasteiger partial charge in [-0.25, -0.2) is 4.98 Å². The van der Waals surface area contributed by atoms with Gasteiger partial charge in [0, 0.05) is 23.0 Å². The molecule has 2 bridgehead atoms. The van der Waals surface area contributed by atoms with Crippen LogP contribution in [-0.4, -0.2) is 34.1 Å². The van der Waals surface area contributed by atoms with Crippen molar-refractivity contribution >= 4 is 29.0 Å². The van der Waals surface area contributed by atoms with Crippen LogP contribution in [0.3, 0.4) is 0 Å². The van der Waals surface area contributed by atoms with E-state index in [1.165, 1.54) is 17.8 Å². The van der Waals surface area contributed by atoms with Gasteiger partial charge in [0.1, 0.15) is 5.75 Å². The zero-order valence-electron chi connectivity index (χ0n) is 12.4. The third-order valence-electron chi connectivity index (χ3n) is 4.35. The first kappa shape index (κ1) is 15.0. The average molecular weight is 347 g/mol. The van der Waals surface area contributed by atoms with Crippen LogP contribution in [0.1, 0.15) is 29.1 Å². The summed E-state index contributed by atoms with van der Waals surface area (Å²) >= 11 is 2.94. The number of hydrogen-bond donors (Lipinski definition) is 3. The first-order chi connectivity index (χ1) is 11.2. The Bertz CT molecular complexity index is 716. The molecule has 0 aliphatic carbocycles. The van der Waals surface area contributed by atoms with Crippen molar-refractivity contribution in [2.75, 3.05) is 0 Å². The van der Waals surface area contributed by atoms with Crippen molar-refractivity contribution in [1.82, 2.24) is 15.6 Å². The molecule has 0 spiro atoms. The molecule has 3 unspecified atom stereocenters. The predicted molar refractivity (Wildman–Crippen MR) is 90.2 cm³/mol. The molecule has 1 aromatic carbocycles. The molecule has 1 amide bonds. The van der Waals surface area contributed by atoms with E-state index in [1.807, 2.05) is 12.1 Å². The highest BCUT2D eigenvalue weighted by atomic mass is 32.2. The number of phenolic OH excluding ortho intramolecular Hbond substituents is 1. The van der Waals surface area contributed by atoms with Crippen LogP contribution in [0.4, 0.5) is 0 Å². The minimum Gasteiger partial charge on any atom is -0.508 e. The summed E-state index contributed by atoms with van der Waals surface area (Å²) in [5.41, 5.74) is 0. The first-order valence-electron chi connectivity index (χ1n) is 7.67. The van der Waals surface area contributed by atoms with E-state index in [0.717, 1.165) is 21.9 Å². The summed E-state index contributed by atoms with van der Waals surface area (Å²) in [6.45, 7) is 0. The summed E-state index contributed by atoms with van der Waals surface area (Å²) in [7, 11) is 0. The van der Waals surface area contributed by atoms with Gasteiger partial charge in [0.2, 0.25) is 0 Å². The van der Waals surface area contributed by atoms with Gasteiger partial charge in [0.15, 0.2) is 5.01 Å². The second kappa shape index (κ2) is 6.14. The highest BCUT2D eigenvalue weighted by Gasteiger charge is 2.39. The first-order valence-corrected chi connectivity index (χ1v) is 9.30. The fourth-order valence-corrected chi connectivity index (χ4v) is 5.11. The number of carbonyl (C=O) groups is 1. The van der Waals surface area contributed by atoms with Gasteiger partial charge in [0.25, 0.3) is 5.91 Å². The lowest BCUT2D eigenvalue weighted by molar-refractivity contribution is 0.0930. The monoisotopic (exact) mass is 347 g/mol. The number of rotatable bonds is 4. The SMILES string of the molecule is O=C(NC1CC2CCC1N2)c1ncc(Sc2ccc(O)cc2)s1. The molecule has 0 radical (unpaired) electrons. The van der Waals surface area contributed by atoms with Crippen molar-refractivity contribution in [3.05, 3.63) is 35.5 Å². The van der Waals surface area contributed by atoms with Gasteiger partial charge in [0.05, 0.1) is 10.4 Å². The number of carbonyl (C=O) groups excluding carboxylic acids is 1. The Labute approximate surface area is 142 Å². The molecule has 2 fully saturated rings. The van der Waals surface area contributed by atoms with Gasteiger partial charge >= 0.3 is 0 Å². The van der Waals surface area contributed by atoms with Gasteiger partial charge in [-0.15, -0.1) is 11.3 Å². The summed E-state index contributed by atoms with van der Waals surface area (Å²) in [4.78, 5) is 17.6. The molecule has 3 heterocycles. The standard InChI is InChI=1S/C16H17N3O2S2/c20-10-2-4-11(5-3-10)22-14-8-17-16(23-14)15(21)19-13-7-9-1-6-12(13)18-9/h2-5,8-9,12-13,18,20H,1,6-7H2,(H,19,21). The van der Waals surface area contributed by atoms with E-state index in [9.17, 15) is 9.90 Å². The Kier molecular flexibility index (Phi) is 4.00. The number of nitrogens with one attached hydrogen (secondary N) is 2. The van der Waals surface area contributed by atoms with Gasteiger partial charge in [-0.3, -0.25) is 4.79 Å². The molecule has 0 saturated carbocycles. The minimum absolute atomic E-state index is 0.0769. The summed E-state index contributed by atoms with van der Waals surface area (Å²) in [6, 6.07) is 8.23. The van der Waals surface area contributed by atoms with Crippen molar-refractivity contribution in [2.45, 2.75) is 46.5 Å². The zero-order valence-corrected chi connectivity index (χ0v) is 14.0. The molecule has 2 aliphatic rings. The van der Waals surface area contributed by atoms with E-state index in [0.29, 0.717) is 17.1 Å². The fourth-order valence-electron chi connectivity index (χ4n) is 3.26. The number of aromatic nitrogens is 1. The average Bonchev–Trinajstić information content (AvgIpc) is 3.26. The third-order valence-corrected chi connectivity index (χ3v) is 6.46. The van der Waals surface area contributed by atoms with Crippen LogP contribution in [0, 0.1) is 0 Å². The Hall–Kier alpha value is -1.57. The summed E-state index contributed by atoms with van der Waals surface area (Å²) < 4.78 is 0.965. The molecule has 2 aliphatic heterocycles. The lowest BCUT2D eigenvalue weighted by Gasteiger charge is -2.20. The lowest BCUT2D eigenvalue weighted by Crippen LogP contribution is -2.42. The second-order valence-corrected chi connectivity index (χ2v) is 8.35. The highest BCUT2D eigenvalue weighted by Crippen LogP contribution is 2.33. The van der Waals surface area contributed by atoms with Gasteiger partial charge in [-0.05, 0) is 43.5 Å². The molecule has 3 N–H and O–H groups in total. The van der Waals surface area contributed by atoms with Gasteiger partial charge in [-0.2, -0.15) is 0 Å². The van der Waals surface area contributed by atoms with Gasteiger partial charge < -0.3 is 15.7 Å². The molecular weight excluding hydrogens is 330 g/mol. The Morgan fingerprint density at radius 1 is 1.35 bits per heavy atom. The molecule has 2 saturated heterocycles. The number of aromatic hydroxyl groups is 1. The maximum absolute atomic E-state index is 12.4. The van der Waals surface area contributed by atoms with Crippen LogP contribution >= 0.6 is 23.1 Å². The minimum atomic E-state index is -0.0769. The van der Waals surface area contributed by atoms with E-state index in [1.54, 1.807) is 30.1 Å². The predicted octanol–water partition coefficient (Wildman–Crippen LogP) is 2.62. The lowest BCUT2D eigenvalue weighted by atomic mass is 9.95. The van der Waals surface area contributed by atoms with Crippen molar-refractivity contribution < 1.29 is 9.90 Å². The van der Waals surface area contributed by atoms with Crippen LogP contribution in [-0.2, 0) is 0 Å². The normalized spacial score (nSPS) is 25.7. The quantitative estimate of drug-likeness (QED) is 0.793. The number of fused-ring (bicyclic) bond motifs is 2. The zero-order chi connectivity index (χ0) is 15.8. The van der Waals surface area contributed by atoms with Crippen LogP contribution in [0.15, 0.2) is 39.6 Å². The molecule has 3 atom stereocenters. The number of benzene rings is 1. The number of hydrogen-bond acceptors (Lipinski definition) is 6. The van der Waals surface area contributed by atoms with Crippen LogP contribution < -0.4 is 10.6 Å². The molecule has 5 nitrogen and oxygen atoms in total. The van der Waals surface area contributed by atoms with E-state index in [4.69, 9.17) is 0 Å². The Balaban J connectivity index is 1.39. The molecular formula is C16H17N3O2S2. The van der Waals surface area contributed by atoms with E-state index in [-0.39, 0.29) is 17.7 Å². The molecule has 120 valence electrons. The summed E-state index contributed by atoms with van der Waals surface area (Å²) in [6.07, 6.45) is 5.13. The van der Waals surface area contributed by atoms with Crippen molar-refractivity contribution in [1.29, 1.82) is 0 Å². The van der Waals surface area contributed by atoms with E-state index >= 15 is 0 Å². The number of thiazole rings is 1. The second-order valence-electron chi connectivity index (χ2n) is 5.94. The Morgan fingerprint density at radius 3 is 2.87 bits per heavy atom. The van der Waals surface area contributed by atoms with Crippen LogP contribution in [0.25, 0.3) is 0 Å². The maximum Gasteiger partial charge on any atom is 0.280 e. The Morgan fingerprint density at radius 2 is 2.17 bits per heavy atom. The molecule has 4 rings (SSSR count). The smallest absolute Gasteiger partial charge is 0.280 e. The molecule has 1 aromatic heterocycles. The number of phenols is 1. The number of nitrogens with zero attached hydrogens (tertiary/aromatic N) is 1. The van der Waals surface area contributed by atoms with Crippen molar-refractivity contribution in [3.8, 4) is 5.75 Å². The van der Waals surface area contributed by atoms with Crippen LogP contribution in [0.2, 0.25) is 0 Å². The summed E-state index contributed by atoms with van der Waals surface area (Å²) in [5, 5.41) is 16.4. The summed E-state index contributed by atoms with van der Waals surface area (Å²) in [5.74, 6) is 0.171. The third kappa shape index (κ3) is 3.22. The maximum atomic E-state index is 12.4. The number of amides is 1. The largest absolute Gasteiger partial charge is 0.508 e. The molecule has 7 heteroatoms. The van der Waals surface area contributed by atoms with E-state index < -0.39 is 0 Å². The molecule has 2 aromatic rings. The van der Waals surface area contributed by atoms with E-state index in [2.05, 4.69) is 15.6 Å². The van der Waals surface area contributed by atoms with Crippen LogP contribution in [0.5, 0.6) is 5.75 Å². The topological polar surface area (TPSA) is 74.2 Å². The highest BCUT2D eigenvalue weighted by molar-refractivity contribution is 8.01. The fraction of sp³-hybridized carbons (Fsp3) is 0.375.